The Morgan fingerprint density at radius 2 is 2.05 bits per heavy atom. The predicted molar refractivity (Wildman–Crippen MR) is 84.0 cm³/mol. The number of nitrogens with zero attached hydrogens (tertiary/aromatic N) is 1. The fraction of sp³-hybridized carbons (Fsp3) is 0. The molecule has 0 saturated carbocycles. The summed E-state index contributed by atoms with van der Waals surface area (Å²) in [6, 6.07) is 10.3. The minimum atomic E-state index is -0.218. The summed E-state index contributed by atoms with van der Waals surface area (Å²) in [5, 5.41) is 3.95. The largest absolute Gasteiger partial charge is 0.321 e. The van der Waals surface area contributed by atoms with E-state index >= 15 is 0 Å². The Morgan fingerprint density at radius 3 is 2.85 bits per heavy atom. The van der Waals surface area contributed by atoms with E-state index in [-0.39, 0.29) is 5.91 Å². The molecule has 0 saturated heterocycles. The molecule has 1 N–H and O–H groups in total. The van der Waals surface area contributed by atoms with Gasteiger partial charge in [0.15, 0.2) is 0 Å². The summed E-state index contributed by atoms with van der Waals surface area (Å²) >= 11 is 13.4. The predicted octanol–water partition coefficient (Wildman–Crippen LogP) is 4.86. The monoisotopic (exact) mass is 322 g/mol. The second-order valence-electron chi connectivity index (χ2n) is 4.09. The summed E-state index contributed by atoms with van der Waals surface area (Å²) in [4.78, 5) is 16.4. The van der Waals surface area contributed by atoms with E-state index in [0.717, 1.165) is 4.70 Å². The molecule has 0 radical (unpaired) electrons. The van der Waals surface area contributed by atoms with E-state index in [0.29, 0.717) is 26.8 Å². The molecule has 20 heavy (non-hydrogen) atoms. The van der Waals surface area contributed by atoms with Crippen molar-refractivity contribution in [1.29, 1.82) is 0 Å². The van der Waals surface area contributed by atoms with Gasteiger partial charge in [0.1, 0.15) is 5.52 Å². The molecule has 3 rings (SSSR count). The zero-order valence-corrected chi connectivity index (χ0v) is 12.4. The van der Waals surface area contributed by atoms with E-state index in [1.54, 1.807) is 41.9 Å². The molecule has 0 fully saturated rings. The third-order valence-electron chi connectivity index (χ3n) is 2.77. The first-order valence-electron chi connectivity index (χ1n) is 5.74. The van der Waals surface area contributed by atoms with Crippen molar-refractivity contribution in [2.75, 3.05) is 5.32 Å². The van der Waals surface area contributed by atoms with Crippen molar-refractivity contribution in [2.45, 2.75) is 0 Å². The number of thiazole rings is 1. The van der Waals surface area contributed by atoms with Gasteiger partial charge in [0, 0.05) is 10.6 Å². The van der Waals surface area contributed by atoms with Gasteiger partial charge in [-0.2, -0.15) is 0 Å². The number of nitrogens with one attached hydrogen (secondary N) is 1. The van der Waals surface area contributed by atoms with Gasteiger partial charge in [0.25, 0.3) is 5.91 Å². The Bertz CT molecular complexity index is 801. The number of halogens is 2. The lowest BCUT2D eigenvalue weighted by atomic mass is 10.2. The maximum atomic E-state index is 12.2. The number of amides is 1. The van der Waals surface area contributed by atoms with Crippen molar-refractivity contribution in [3.63, 3.8) is 0 Å². The highest BCUT2D eigenvalue weighted by molar-refractivity contribution is 7.17. The number of anilines is 1. The van der Waals surface area contributed by atoms with Crippen molar-refractivity contribution in [3.8, 4) is 0 Å². The second-order valence-corrected chi connectivity index (χ2v) is 5.79. The Morgan fingerprint density at radius 1 is 1.20 bits per heavy atom. The molecular formula is C14H8Cl2N2OS. The highest BCUT2D eigenvalue weighted by Gasteiger charge is 2.11. The third-order valence-corrected chi connectivity index (χ3v) is 4.17. The SMILES string of the molecule is O=C(Nc1ccc(Cl)c2ncsc12)c1cccc(Cl)c1. The average Bonchev–Trinajstić information content (AvgIpc) is 2.92. The van der Waals surface area contributed by atoms with Crippen molar-refractivity contribution in [1.82, 2.24) is 4.98 Å². The molecule has 1 heterocycles. The van der Waals surface area contributed by atoms with Crippen molar-refractivity contribution in [3.05, 3.63) is 57.5 Å². The number of benzene rings is 2. The van der Waals surface area contributed by atoms with E-state index < -0.39 is 0 Å². The zero-order chi connectivity index (χ0) is 14.1. The summed E-state index contributed by atoms with van der Waals surface area (Å²) in [6.07, 6.45) is 0. The highest BCUT2D eigenvalue weighted by Crippen LogP contribution is 2.32. The van der Waals surface area contributed by atoms with Crippen molar-refractivity contribution >= 4 is 56.3 Å². The summed E-state index contributed by atoms with van der Waals surface area (Å²) in [5.74, 6) is -0.218. The van der Waals surface area contributed by atoms with Crippen LogP contribution in [0.5, 0.6) is 0 Å². The molecule has 3 aromatic rings. The van der Waals surface area contributed by atoms with Crippen LogP contribution in [-0.2, 0) is 0 Å². The van der Waals surface area contributed by atoms with Gasteiger partial charge in [-0.15, -0.1) is 11.3 Å². The Hall–Kier alpha value is -1.62. The fourth-order valence-electron chi connectivity index (χ4n) is 1.84. The van der Waals surface area contributed by atoms with Crippen LogP contribution in [-0.4, -0.2) is 10.9 Å². The summed E-state index contributed by atoms with van der Waals surface area (Å²) in [5.41, 5.74) is 3.59. The topological polar surface area (TPSA) is 42.0 Å². The maximum Gasteiger partial charge on any atom is 0.255 e. The second kappa shape index (κ2) is 5.40. The first-order chi connectivity index (χ1) is 9.65. The number of carbonyl (C=O) groups excluding carboxylic acids is 1. The van der Waals surface area contributed by atoms with Crippen LogP contribution in [0.1, 0.15) is 10.4 Å². The molecule has 0 spiro atoms. The fourth-order valence-corrected chi connectivity index (χ4v) is 3.08. The van der Waals surface area contributed by atoms with Crippen molar-refractivity contribution < 1.29 is 4.79 Å². The third kappa shape index (κ3) is 2.50. The van der Waals surface area contributed by atoms with Crippen LogP contribution in [0.15, 0.2) is 41.9 Å². The lowest BCUT2D eigenvalue weighted by Crippen LogP contribution is -2.11. The lowest BCUT2D eigenvalue weighted by molar-refractivity contribution is 0.102. The quantitative estimate of drug-likeness (QED) is 0.732. The van der Waals surface area contributed by atoms with E-state index in [1.165, 1.54) is 11.3 Å². The molecule has 0 bridgehead atoms. The van der Waals surface area contributed by atoms with Crippen LogP contribution in [0.25, 0.3) is 10.2 Å². The van der Waals surface area contributed by atoms with Gasteiger partial charge in [-0.1, -0.05) is 29.3 Å². The number of fused-ring (bicyclic) bond motifs is 1. The van der Waals surface area contributed by atoms with E-state index in [2.05, 4.69) is 10.3 Å². The lowest BCUT2D eigenvalue weighted by Gasteiger charge is -2.07. The Labute approximate surface area is 129 Å². The maximum absolute atomic E-state index is 12.2. The van der Waals surface area contributed by atoms with Gasteiger partial charge in [0.05, 0.1) is 20.9 Å². The molecule has 0 aliphatic carbocycles. The standard InChI is InChI=1S/C14H8Cl2N2OS/c15-9-3-1-2-8(6-9)14(19)18-11-5-4-10(16)12-13(11)20-7-17-12/h1-7H,(H,18,19). The Balaban J connectivity index is 1.95. The molecule has 0 aliphatic heterocycles. The van der Waals surface area contributed by atoms with Crippen LogP contribution < -0.4 is 5.32 Å². The van der Waals surface area contributed by atoms with Gasteiger partial charge in [-0.05, 0) is 30.3 Å². The Kier molecular flexibility index (Phi) is 3.61. The van der Waals surface area contributed by atoms with Gasteiger partial charge in [-0.3, -0.25) is 4.79 Å². The molecule has 100 valence electrons. The molecule has 0 aliphatic rings. The van der Waals surface area contributed by atoms with Crippen molar-refractivity contribution in [2.24, 2.45) is 0 Å². The number of hydrogen-bond donors (Lipinski definition) is 1. The number of rotatable bonds is 2. The smallest absolute Gasteiger partial charge is 0.255 e. The minimum Gasteiger partial charge on any atom is -0.321 e. The number of hydrogen-bond acceptors (Lipinski definition) is 3. The zero-order valence-electron chi connectivity index (χ0n) is 10.1. The molecule has 0 unspecified atom stereocenters. The van der Waals surface area contributed by atoms with E-state index in [9.17, 15) is 4.79 Å². The summed E-state index contributed by atoms with van der Waals surface area (Å²) < 4.78 is 0.855. The van der Waals surface area contributed by atoms with Gasteiger partial charge >= 0.3 is 0 Å². The molecule has 1 aromatic heterocycles. The van der Waals surface area contributed by atoms with Gasteiger partial charge < -0.3 is 5.32 Å². The van der Waals surface area contributed by atoms with E-state index in [4.69, 9.17) is 23.2 Å². The van der Waals surface area contributed by atoms with Crippen LogP contribution in [0.2, 0.25) is 10.0 Å². The molecule has 0 atom stereocenters. The van der Waals surface area contributed by atoms with Crippen LogP contribution in [0.3, 0.4) is 0 Å². The van der Waals surface area contributed by atoms with Gasteiger partial charge in [0.2, 0.25) is 0 Å². The summed E-state index contributed by atoms with van der Waals surface area (Å²) in [6.45, 7) is 0. The molecular weight excluding hydrogens is 315 g/mol. The average molecular weight is 323 g/mol. The first-order valence-corrected chi connectivity index (χ1v) is 7.37. The van der Waals surface area contributed by atoms with Crippen LogP contribution >= 0.6 is 34.5 Å². The van der Waals surface area contributed by atoms with Crippen LogP contribution in [0.4, 0.5) is 5.69 Å². The first kappa shape index (κ1) is 13.4. The molecule has 3 nitrogen and oxygen atoms in total. The normalized spacial score (nSPS) is 10.7. The van der Waals surface area contributed by atoms with E-state index in [1.807, 2.05) is 0 Å². The summed E-state index contributed by atoms with van der Waals surface area (Å²) in [7, 11) is 0. The van der Waals surface area contributed by atoms with Crippen LogP contribution in [0, 0.1) is 0 Å². The molecule has 2 aromatic carbocycles. The highest BCUT2D eigenvalue weighted by atomic mass is 35.5. The van der Waals surface area contributed by atoms with Gasteiger partial charge in [-0.25, -0.2) is 4.98 Å². The number of carbonyl (C=O) groups is 1. The minimum absolute atomic E-state index is 0.218. The molecule has 6 heteroatoms. The molecule has 1 amide bonds. The number of aromatic nitrogens is 1.